The minimum absolute atomic E-state index is 0.100. The molecule has 0 aliphatic rings. The van der Waals surface area contributed by atoms with E-state index in [0.717, 1.165) is 16.8 Å². The fraction of sp³-hybridized carbons (Fsp3) is 0.154. The standard InChI is InChI=1S/C26H25N5O2S/c1-17-9-13-21(14-10-17)27-24(32)18(2)34-26-30-29-23(31(26)3)19-11-15-22(16-12-19)28-25(33)20-7-5-4-6-8-20/h4-16,18H,1-3H3,(H,27,32)(H,28,33). The summed E-state index contributed by atoms with van der Waals surface area (Å²) in [5, 5.41) is 14.7. The van der Waals surface area contributed by atoms with Crippen molar-refractivity contribution in [1.82, 2.24) is 14.8 Å². The largest absolute Gasteiger partial charge is 0.325 e. The molecular weight excluding hydrogens is 446 g/mol. The van der Waals surface area contributed by atoms with Crippen molar-refractivity contribution in [2.45, 2.75) is 24.3 Å². The highest BCUT2D eigenvalue weighted by atomic mass is 32.2. The Balaban J connectivity index is 1.40. The van der Waals surface area contributed by atoms with E-state index < -0.39 is 0 Å². The Bertz CT molecular complexity index is 1290. The van der Waals surface area contributed by atoms with Crippen molar-refractivity contribution in [2.75, 3.05) is 10.6 Å². The van der Waals surface area contributed by atoms with Gasteiger partial charge in [-0.1, -0.05) is 47.7 Å². The highest BCUT2D eigenvalue weighted by Gasteiger charge is 2.19. The molecule has 4 aromatic rings. The van der Waals surface area contributed by atoms with Gasteiger partial charge in [-0.25, -0.2) is 0 Å². The summed E-state index contributed by atoms with van der Waals surface area (Å²) >= 11 is 1.35. The van der Waals surface area contributed by atoms with Crippen LogP contribution in [0.3, 0.4) is 0 Å². The zero-order valence-electron chi connectivity index (χ0n) is 19.1. The second kappa shape index (κ2) is 10.4. The maximum absolute atomic E-state index is 12.6. The number of amides is 2. The Labute approximate surface area is 202 Å². The lowest BCUT2D eigenvalue weighted by molar-refractivity contribution is -0.115. The van der Waals surface area contributed by atoms with Gasteiger partial charge in [0.2, 0.25) is 5.91 Å². The zero-order valence-corrected chi connectivity index (χ0v) is 20.0. The van der Waals surface area contributed by atoms with Crippen LogP contribution in [-0.2, 0) is 11.8 Å². The second-order valence-corrected chi connectivity index (χ2v) is 9.19. The third kappa shape index (κ3) is 5.52. The molecule has 4 rings (SSSR count). The van der Waals surface area contributed by atoms with E-state index >= 15 is 0 Å². The van der Waals surface area contributed by atoms with Crippen LogP contribution >= 0.6 is 11.8 Å². The average Bonchev–Trinajstić information content (AvgIpc) is 3.21. The van der Waals surface area contributed by atoms with Crippen molar-refractivity contribution in [2.24, 2.45) is 7.05 Å². The SMILES string of the molecule is Cc1ccc(NC(=O)C(C)Sc2nnc(-c3ccc(NC(=O)c4ccccc4)cc3)n2C)cc1. The van der Waals surface area contributed by atoms with Gasteiger partial charge in [-0.3, -0.25) is 9.59 Å². The topological polar surface area (TPSA) is 88.9 Å². The molecule has 3 aromatic carbocycles. The molecule has 0 bridgehead atoms. The van der Waals surface area contributed by atoms with Gasteiger partial charge in [0.15, 0.2) is 11.0 Å². The van der Waals surface area contributed by atoms with Gasteiger partial charge < -0.3 is 15.2 Å². The van der Waals surface area contributed by atoms with E-state index in [1.807, 2.05) is 92.2 Å². The number of anilines is 2. The number of benzene rings is 3. The lowest BCUT2D eigenvalue weighted by Gasteiger charge is -2.12. The van der Waals surface area contributed by atoms with Crippen molar-refractivity contribution in [3.63, 3.8) is 0 Å². The predicted molar refractivity (Wildman–Crippen MR) is 136 cm³/mol. The summed E-state index contributed by atoms with van der Waals surface area (Å²) in [7, 11) is 1.87. The first-order valence-electron chi connectivity index (χ1n) is 10.8. The molecule has 0 saturated heterocycles. The van der Waals surface area contributed by atoms with Crippen LogP contribution in [0.4, 0.5) is 11.4 Å². The molecule has 0 saturated carbocycles. The van der Waals surface area contributed by atoms with Gasteiger partial charge in [-0.15, -0.1) is 10.2 Å². The average molecular weight is 472 g/mol. The molecule has 0 spiro atoms. The number of carbonyl (C=O) groups is 2. The second-order valence-electron chi connectivity index (χ2n) is 7.88. The van der Waals surface area contributed by atoms with Crippen LogP contribution < -0.4 is 10.6 Å². The molecule has 0 aliphatic heterocycles. The van der Waals surface area contributed by atoms with Crippen LogP contribution in [0.15, 0.2) is 84.0 Å². The number of aryl methyl sites for hydroxylation is 1. The maximum Gasteiger partial charge on any atom is 0.255 e. The molecule has 1 atom stereocenters. The van der Waals surface area contributed by atoms with Gasteiger partial charge in [0.05, 0.1) is 5.25 Å². The minimum atomic E-state index is -0.354. The van der Waals surface area contributed by atoms with Gasteiger partial charge in [0.25, 0.3) is 5.91 Å². The smallest absolute Gasteiger partial charge is 0.255 e. The molecule has 1 heterocycles. The molecule has 172 valence electrons. The molecule has 2 N–H and O–H groups in total. The van der Waals surface area contributed by atoms with E-state index in [2.05, 4.69) is 20.8 Å². The number of aromatic nitrogens is 3. The number of hydrogen-bond donors (Lipinski definition) is 2. The van der Waals surface area contributed by atoms with Gasteiger partial charge >= 0.3 is 0 Å². The van der Waals surface area contributed by atoms with Gasteiger partial charge in [0, 0.05) is 29.5 Å². The summed E-state index contributed by atoms with van der Waals surface area (Å²) in [5.74, 6) is 0.412. The van der Waals surface area contributed by atoms with Crippen molar-refractivity contribution >= 4 is 35.0 Å². The molecule has 1 aromatic heterocycles. The van der Waals surface area contributed by atoms with Crippen molar-refractivity contribution < 1.29 is 9.59 Å². The first-order chi connectivity index (χ1) is 16.4. The summed E-state index contributed by atoms with van der Waals surface area (Å²) in [6.07, 6.45) is 0. The van der Waals surface area contributed by atoms with E-state index in [1.165, 1.54) is 11.8 Å². The summed E-state index contributed by atoms with van der Waals surface area (Å²) in [6.45, 7) is 3.84. The summed E-state index contributed by atoms with van der Waals surface area (Å²) in [6, 6.07) is 24.2. The minimum Gasteiger partial charge on any atom is -0.325 e. The predicted octanol–water partition coefficient (Wildman–Crippen LogP) is 5.16. The van der Waals surface area contributed by atoms with Crippen molar-refractivity contribution in [1.29, 1.82) is 0 Å². The summed E-state index contributed by atoms with van der Waals surface area (Å²) in [4.78, 5) is 24.9. The molecule has 0 radical (unpaired) electrons. The van der Waals surface area contributed by atoms with Crippen LogP contribution in [0.5, 0.6) is 0 Å². The maximum atomic E-state index is 12.6. The van der Waals surface area contributed by atoms with E-state index in [4.69, 9.17) is 0 Å². The molecule has 7 nitrogen and oxygen atoms in total. The van der Waals surface area contributed by atoms with Crippen LogP contribution in [0.1, 0.15) is 22.8 Å². The Hall–Kier alpha value is -3.91. The Kier molecular flexibility index (Phi) is 7.08. The van der Waals surface area contributed by atoms with Gasteiger partial charge in [0.1, 0.15) is 0 Å². The molecule has 8 heteroatoms. The molecular formula is C26H25N5O2S. The summed E-state index contributed by atoms with van der Waals surface area (Å²) < 4.78 is 1.86. The van der Waals surface area contributed by atoms with E-state index in [0.29, 0.717) is 22.2 Å². The highest BCUT2D eigenvalue weighted by molar-refractivity contribution is 8.00. The third-order valence-corrected chi connectivity index (χ3v) is 6.38. The normalized spacial score (nSPS) is 11.6. The number of nitrogens with one attached hydrogen (secondary N) is 2. The van der Waals surface area contributed by atoms with Crippen molar-refractivity contribution in [3.8, 4) is 11.4 Å². The van der Waals surface area contributed by atoms with Crippen LogP contribution in [0.2, 0.25) is 0 Å². The monoisotopic (exact) mass is 471 g/mol. The lowest BCUT2D eigenvalue weighted by atomic mass is 10.1. The molecule has 34 heavy (non-hydrogen) atoms. The Morgan fingerprint density at radius 1 is 0.853 bits per heavy atom. The fourth-order valence-electron chi connectivity index (χ4n) is 3.26. The van der Waals surface area contributed by atoms with Crippen molar-refractivity contribution in [3.05, 3.63) is 90.0 Å². The van der Waals surface area contributed by atoms with E-state index in [9.17, 15) is 9.59 Å². The van der Waals surface area contributed by atoms with Gasteiger partial charge in [-0.05, 0) is 62.4 Å². The van der Waals surface area contributed by atoms with Gasteiger partial charge in [-0.2, -0.15) is 0 Å². The highest BCUT2D eigenvalue weighted by Crippen LogP contribution is 2.27. The molecule has 2 amide bonds. The van der Waals surface area contributed by atoms with E-state index in [-0.39, 0.29) is 17.1 Å². The number of thioether (sulfide) groups is 1. The first kappa shape index (κ1) is 23.3. The van der Waals surface area contributed by atoms with E-state index in [1.54, 1.807) is 12.1 Å². The third-order valence-electron chi connectivity index (χ3n) is 5.24. The number of rotatable bonds is 7. The zero-order chi connectivity index (χ0) is 24.1. The van der Waals surface area contributed by atoms with Crippen LogP contribution in [0.25, 0.3) is 11.4 Å². The lowest BCUT2D eigenvalue weighted by Crippen LogP contribution is -2.22. The van der Waals surface area contributed by atoms with Crippen LogP contribution in [-0.4, -0.2) is 31.8 Å². The Morgan fingerprint density at radius 2 is 1.47 bits per heavy atom. The molecule has 1 unspecified atom stereocenters. The quantitative estimate of drug-likeness (QED) is 0.363. The summed E-state index contributed by atoms with van der Waals surface area (Å²) in [5.41, 5.74) is 4.05. The van der Waals surface area contributed by atoms with Crippen LogP contribution in [0, 0.1) is 6.92 Å². The molecule has 0 aliphatic carbocycles. The number of carbonyl (C=O) groups excluding carboxylic acids is 2. The molecule has 0 fully saturated rings. The number of hydrogen-bond acceptors (Lipinski definition) is 5. The Morgan fingerprint density at radius 3 is 2.15 bits per heavy atom. The fourth-order valence-corrected chi connectivity index (χ4v) is 4.07. The number of nitrogens with zero attached hydrogens (tertiary/aromatic N) is 3. The first-order valence-corrected chi connectivity index (χ1v) is 11.7.